The highest BCUT2D eigenvalue weighted by atomic mass is 16.5. The first kappa shape index (κ1) is 14.7. The van der Waals surface area contributed by atoms with Gasteiger partial charge in [0.1, 0.15) is 5.75 Å². The van der Waals surface area contributed by atoms with Crippen molar-refractivity contribution in [1.29, 1.82) is 0 Å². The molecule has 0 aliphatic rings. The minimum absolute atomic E-state index is 0.341. The largest absolute Gasteiger partial charge is 0.494 e. The van der Waals surface area contributed by atoms with Gasteiger partial charge in [0, 0.05) is 5.69 Å². The highest BCUT2D eigenvalue weighted by Gasteiger charge is 2.12. The number of carbonyl (C=O) groups is 1. The van der Waals surface area contributed by atoms with Crippen LogP contribution < -0.4 is 15.8 Å². The topological polar surface area (TPSA) is 73.6 Å². The van der Waals surface area contributed by atoms with Crippen LogP contribution in [-0.4, -0.2) is 19.7 Å². The van der Waals surface area contributed by atoms with Crippen LogP contribution in [0.5, 0.6) is 5.75 Å². The van der Waals surface area contributed by atoms with E-state index in [9.17, 15) is 4.79 Å². The summed E-state index contributed by atoms with van der Waals surface area (Å²) in [5.74, 6) is 0.349. The molecule has 5 heteroatoms. The van der Waals surface area contributed by atoms with Gasteiger partial charge in [0.15, 0.2) is 0 Å². The summed E-state index contributed by atoms with van der Waals surface area (Å²) in [6.07, 6.45) is 0. The third kappa shape index (κ3) is 3.45. The molecule has 0 unspecified atom stereocenters. The average molecular weight is 286 g/mol. The predicted octanol–water partition coefficient (Wildman–Crippen LogP) is 3.20. The van der Waals surface area contributed by atoms with E-state index in [0.29, 0.717) is 23.5 Å². The summed E-state index contributed by atoms with van der Waals surface area (Å²) < 4.78 is 10.1. The van der Waals surface area contributed by atoms with E-state index in [2.05, 4.69) is 5.32 Å². The number of hydrogen-bond donors (Lipinski definition) is 2. The number of anilines is 3. The van der Waals surface area contributed by atoms with Gasteiger partial charge in [-0.25, -0.2) is 4.79 Å². The lowest BCUT2D eigenvalue weighted by Gasteiger charge is -2.12. The van der Waals surface area contributed by atoms with Crippen LogP contribution in [0.3, 0.4) is 0 Å². The third-order valence-electron chi connectivity index (χ3n) is 2.96. The Morgan fingerprint density at radius 2 is 1.90 bits per heavy atom. The first-order chi connectivity index (χ1) is 10.2. The molecule has 110 valence electrons. The zero-order valence-corrected chi connectivity index (χ0v) is 12.1. The number of esters is 1. The van der Waals surface area contributed by atoms with Gasteiger partial charge < -0.3 is 20.5 Å². The fourth-order valence-electron chi connectivity index (χ4n) is 1.92. The van der Waals surface area contributed by atoms with Crippen LogP contribution in [0.1, 0.15) is 17.3 Å². The molecule has 0 spiro atoms. The van der Waals surface area contributed by atoms with Gasteiger partial charge in [-0.2, -0.15) is 0 Å². The molecule has 5 nitrogen and oxygen atoms in total. The van der Waals surface area contributed by atoms with Crippen LogP contribution in [0.4, 0.5) is 17.1 Å². The molecule has 0 radical (unpaired) electrons. The van der Waals surface area contributed by atoms with Crippen molar-refractivity contribution < 1.29 is 14.3 Å². The number of nitrogens with two attached hydrogens (primary N) is 1. The Hall–Kier alpha value is -2.69. The Morgan fingerprint density at radius 3 is 2.52 bits per heavy atom. The van der Waals surface area contributed by atoms with Gasteiger partial charge in [0.2, 0.25) is 0 Å². The van der Waals surface area contributed by atoms with Gasteiger partial charge in [-0.3, -0.25) is 0 Å². The summed E-state index contributed by atoms with van der Waals surface area (Å²) >= 11 is 0. The molecule has 0 aromatic heterocycles. The van der Waals surface area contributed by atoms with E-state index in [1.807, 2.05) is 31.2 Å². The smallest absolute Gasteiger partial charge is 0.340 e. The third-order valence-corrected chi connectivity index (χ3v) is 2.96. The van der Waals surface area contributed by atoms with Gasteiger partial charge in [0.05, 0.1) is 30.7 Å². The lowest BCUT2D eigenvalue weighted by Crippen LogP contribution is -2.07. The number of ether oxygens (including phenoxy) is 2. The van der Waals surface area contributed by atoms with Crippen molar-refractivity contribution in [3.8, 4) is 5.75 Å². The van der Waals surface area contributed by atoms with Crippen molar-refractivity contribution >= 4 is 23.0 Å². The van der Waals surface area contributed by atoms with Gasteiger partial charge in [-0.1, -0.05) is 6.07 Å². The normalized spacial score (nSPS) is 10.0. The standard InChI is InChI=1S/C16H18N2O3/c1-3-21-12-9-7-11(8-10-12)18-14-6-4-5-13(15(14)17)16(19)20-2/h4-10,18H,3,17H2,1-2H3. The highest BCUT2D eigenvalue weighted by molar-refractivity contribution is 5.98. The minimum atomic E-state index is -0.456. The Labute approximate surface area is 123 Å². The fraction of sp³-hybridized carbons (Fsp3) is 0.188. The van der Waals surface area contributed by atoms with Gasteiger partial charge in [-0.15, -0.1) is 0 Å². The lowest BCUT2D eigenvalue weighted by molar-refractivity contribution is 0.0602. The second kappa shape index (κ2) is 6.65. The fourth-order valence-corrected chi connectivity index (χ4v) is 1.92. The minimum Gasteiger partial charge on any atom is -0.494 e. The second-order valence-electron chi connectivity index (χ2n) is 4.34. The van der Waals surface area contributed by atoms with E-state index in [1.165, 1.54) is 7.11 Å². The van der Waals surface area contributed by atoms with Crippen molar-refractivity contribution in [3.05, 3.63) is 48.0 Å². The number of carbonyl (C=O) groups excluding carboxylic acids is 1. The van der Waals surface area contributed by atoms with E-state index in [0.717, 1.165) is 11.4 Å². The molecular formula is C16H18N2O3. The van der Waals surface area contributed by atoms with Crippen LogP contribution in [0.15, 0.2) is 42.5 Å². The molecule has 2 rings (SSSR count). The lowest BCUT2D eigenvalue weighted by atomic mass is 10.1. The maximum Gasteiger partial charge on any atom is 0.340 e. The van der Waals surface area contributed by atoms with Crippen LogP contribution >= 0.6 is 0 Å². The van der Waals surface area contributed by atoms with Gasteiger partial charge in [0.25, 0.3) is 0 Å². The number of methoxy groups -OCH3 is 1. The molecule has 0 atom stereocenters. The first-order valence-corrected chi connectivity index (χ1v) is 6.62. The van der Waals surface area contributed by atoms with E-state index >= 15 is 0 Å². The molecule has 0 aliphatic carbocycles. The summed E-state index contributed by atoms with van der Waals surface area (Å²) in [7, 11) is 1.33. The molecule has 0 fully saturated rings. The van der Waals surface area contributed by atoms with Crippen LogP contribution in [0.25, 0.3) is 0 Å². The van der Waals surface area contributed by atoms with Crippen molar-refractivity contribution in [3.63, 3.8) is 0 Å². The molecule has 0 saturated heterocycles. The maximum atomic E-state index is 11.6. The van der Waals surface area contributed by atoms with Crippen LogP contribution in [0, 0.1) is 0 Å². The van der Waals surface area contributed by atoms with E-state index in [4.69, 9.17) is 15.2 Å². The van der Waals surface area contributed by atoms with E-state index in [1.54, 1.807) is 18.2 Å². The summed E-state index contributed by atoms with van der Waals surface area (Å²) in [5, 5.41) is 3.17. The van der Waals surface area contributed by atoms with Gasteiger partial charge in [-0.05, 0) is 43.3 Å². The number of nitrogens with one attached hydrogen (secondary N) is 1. The Morgan fingerprint density at radius 1 is 1.19 bits per heavy atom. The zero-order valence-electron chi connectivity index (χ0n) is 12.1. The predicted molar refractivity (Wildman–Crippen MR) is 83.1 cm³/mol. The Kier molecular flexibility index (Phi) is 4.66. The number of nitrogen functional groups attached to an aromatic ring is 1. The van der Waals surface area contributed by atoms with Crippen molar-refractivity contribution in [2.24, 2.45) is 0 Å². The van der Waals surface area contributed by atoms with E-state index < -0.39 is 5.97 Å². The molecule has 0 saturated carbocycles. The SMILES string of the molecule is CCOc1ccc(Nc2cccc(C(=O)OC)c2N)cc1. The summed E-state index contributed by atoms with van der Waals surface area (Å²) in [6.45, 7) is 2.56. The molecule has 21 heavy (non-hydrogen) atoms. The number of hydrogen-bond acceptors (Lipinski definition) is 5. The maximum absolute atomic E-state index is 11.6. The van der Waals surface area contributed by atoms with Crippen molar-refractivity contribution in [2.45, 2.75) is 6.92 Å². The quantitative estimate of drug-likeness (QED) is 0.652. The Balaban J connectivity index is 2.21. The number of para-hydroxylation sites is 1. The average Bonchev–Trinajstić information content (AvgIpc) is 2.51. The molecule has 0 heterocycles. The molecule has 0 aliphatic heterocycles. The molecule has 2 aromatic carbocycles. The molecule has 3 N–H and O–H groups in total. The van der Waals surface area contributed by atoms with Crippen molar-refractivity contribution in [2.75, 3.05) is 24.8 Å². The second-order valence-corrected chi connectivity index (χ2v) is 4.34. The molecule has 2 aromatic rings. The molecular weight excluding hydrogens is 268 g/mol. The van der Waals surface area contributed by atoms with Crippen molar-refractivity contribution in [1.82, 2.24) is 0 Å². The summed E-state index contributed by atoms with van der Waals surface area (Å²) in [5.41, 5.74) is 8.21. The summed E-state index contributed by atoms with van der Waals surface area (Å²) in [4.78, 5) is 11.6. The van der Waals surface area contributed by atoms with Crippen LogP contribution in [-0.2, 0) is 4.74 Å². The number of benzene rings is 2. The highest BCUT2D eigenvalue weighted by Crippen LogP contribution is 2.27. The first-order valence-electron chi connectivity index (χ1n) is 6.62. The summed E-state index contributed by atoms with van der Waals surface area (Å²) in [6, 6.07) is 12.7. The van der Waals surface area contributed by atoms with Crippen LogP contribution in [0.2, 0.25) is 0 Å². The number of rotatable bonds is 5. The van der Waals surface area contributed by atoms with Gasteiger partial charge >= 0.3 is 5.97 Å². The Bertz CT molecular complexity index is 624. The monoisotopic (exact) mass is 286 g/mol. The molecule has 0 bridgehead atoms. The molecule has 0 amide bonds. The van der Waals surface area contributed by atoms with E-state index in [-0.39, 0.29) is 0 Å². The zero-order chi connectivity index (χ0) is 15.2.